The van der Waals surface area contributed by atoms with Crippen LogP contribution in [0.2, 0.25) is 0 Å². The Bertz CT molecular complexity index is 299. The first-order chi connectivity index (χ1) is 7.72. The molecular formula is C10H18N4O2. The molecule has 0 radical (unpaired) electrons. The number of aromatic nitrogens is 2. The Hall–Kier alpha value is -1.40. The minimum atomic E-state index is 0.468. The van der Waals surface area contributed by atoms with Crippen LogP contribution in [0.3, 0.4) is 0 Å². The highest BCUT2D eigenvalue weighted by molar-refractivity contribution is 5.44. The van der Waals surface area contributed by atoms with Crippen LogP contribution in [0, 0.1) is 6.92 Å². The first kappa shape index (κ1) is 12.7. The van der Waals surface area contributed by atoms with Gasteiger partial charge in [-0.3, -0.25) is 0 Å². The Balaban J connectivity index is 2.21. The molecule has 0 spiro atoms. The maximum atomic E-state index is 5.59. The standard InChI is InChI=1S/C10H18N4O2/c1-8-13-9(11)7-10(14-8)12-3-4-16-6-5-15-2/h7H,3-6H2,1-2H3,(H3,11,12,13,14). The summed E-state index contributed by atoms with van der Waals surface area (Å²) in [6.45, 7) is 4.30. The molecule has 0 aliphatic heterocycles. The molecule has 0 saturated heterocycles. The van der Waals surface area contributed by atoms with Crippen LogP contribution in [-0.4, -0.2) is 43.4 Å². The summed E-state index contributed by atoms with van der Waals surface area (Å²) in [6.07, 6.45) is 0. The normalized spacial score (nSPS) is 10.4. The number of nitrogens with zero attached hydrogens (tertiary/aromatic N) is 2. The van der Waals surface area contributed by atoms with Crippen molar-refractivity contribution in [2.45, 2.75) is 6.92 Å². The molecule has 0 saturated carbocycles. The lowest BCUT2D eigenvalue weighted by Crippen LogP contribution is -2.13. The zero-order valence-electron chi connectivity index (χ0n) is 9.69. The summed E-state index contributed by atoms with van der Waals surface area (Å²) in [5.74, 6) is 1.85. The lowest BCUT2D eigenvalue weighted by molar-refractivity contribution is 0.0759. The third-order valence-corrected chi connectivity index (χ3v) is 1.84. The third-order valence-electron chi connectivity index (χ3n) is 1.84. The van der Waals surface area contributed by atoms with Crippen LogP contribution in [0.5, 0.6) is 0 Å². The van der Waals surface area contributed by atoms with Gasteiger partial charge in [-0.05, 0) is 6.92 Å². The average molecular weight is 226 g/mol. The minimum Gasteiger partial charge on any atom is -0.384 e. The van der Waals surface area contributed by atoms with Crippen molar-refractivity contribution in [3.8, 4) is 0 Å². The Morgan fingerprint density at radius 1 is 1.31 bits per heavy atom. The lowest BCUT2D eigenvalue weighted by atomic mass is 10.5. The number of anilines is 2. The van der Waals surface area contributed by atoms with Crippen LogP contribution in [0.4, 0.5) is 11.6 Å². The highest BCUT2D eigenvalue weighted by atomic mass is 16.5. The molecule has 1 rings (SSSR count). The second kappa shape index (κ2) is 6.97. The van der Waals surface area contributed by atoms with Crippen molar-refractivity contribution in [1.29, 1.82) is 0 Å². The van der Waals surface area contributed by atoms with E-state index < -0.39 is 0 Å². The summed E-state index contributed by atoms with van der Waals surface area (Å²) >= 11 is 0. The van der Waals surface area contributed by atoms with Crippen LogP contribution in [0.25, 0.3) is 0 Å². The highest BCUT2D eigenvalue weighted by Gasteiger charge is 1.97. The zero-order valence-corrected chi connectivity index (χ0v) is 9.69. The van der Waals surface area contributed by atoms with Crippen molar-refractivity contribution in [2.24, 2.45) is 0 Å². The SMILES string of the molecule is COCCOCCNc1cc(N)nc(C)n1. The van der Waals surface area contributed by atoms with E-state index in [1.54, 1.807) is 20.1 Å². The van der Waals surface area contributed by atoms with Crippen molar-refractivity contribution in [3.63, 3.8) is 0 Å². The number of hydrogen-bond donors (Lipinski definition) is 2. The van der Waals surface area contributed by atoms with Gasteiger partial charge in [0.05, 0.1) is 19.8 Å². The van der Waals surface area contributed by atoms with Gasteiger partial charge in [-0.25, -0.2) is 9.97 Å². The number of nitrogen functional groups attached to an aromatic ring is 1. The van der Waals surface area contributed by atoms with Gasteiger partial charge in [-0.1, -0.05) is 0 Å². The molecule has 0 aliphatic rings. The number of ether oxygens (including phenoxy) is 2. The number of aryl methyl sites for hydroxylation is 1. The molecule has 1 heterocycles. The molecule has 6 nitrogen and oxygen atoms in total. The van der Waals surface area contributed by atoms with Gasteiger partial charge in [0.2, 0.25) is 0 Å². The summed E-state index contributed by atoms with van der Waals surface area (Å²) in [4.78, 5) is 8.17. The predicted molar refractivity (Wildman–Crippen MR) is 62.4 cm³/mol. The summed E-state index contributed by atoms with van der Waals surface area (Å²) in [5, 5.41) is 3.11. The quantitative estimate of drug-likeness (QED) is 0.657. The van der Waals surface area contributed by atoms with Crippen LogP contribution in [-0.2, 0) is 9.47 Å². The van der Waals surface area contributed by atoms with Gasteiger partial charge >= 0.3 is 0 Å². The fraction of sp³-hybridized carbons (Fsp3) is 0.600. The van der Waals surface area contributed by atoms with Crippen molar-refractivity contribution in [2.75, 3.05) is 44.5 Å². The van der Waals surface area contributed by atoms with Gasteiger partial charge in [0.25, 0.3) is 0 Å². The molecular weight excluding hydrogens is 208 g/mol. The topological polar surface area (TPSA) is 82.3 Å². The maximum absolute atomic E-state index is 5.59. The summed E-state index contributed by atoms with van der Waals surface area (Å²) < 4.78 is 10.1. The number of nitrogens with one attached hydrogen (secondary N) is 1. The molecule has 0 amide bonds. The third kappa shape index (κ3) is 4.90. The summed E-state index contributed by atoms with van der Waals surface area (Å²) in [5.41, 5.74) is 5.59. The van der Waals surface area contributed by atoms with Crippen molar-refractivity contribution >= 4 is 11.6 Å². The zero-order chi connectivity index (χ0) is 11.8. The van der Waals surface area contributed by atoms with E-state index in [0.29, 0.717) is 38.0 Å². The summed E-state index contributed by atoms with van der Waals surface area (Å²) in [7, 11) is 1.65. The van der Waals surface area contributed by atoms with Gasteiger partial charge in [0, 0.05) is 19.7 Å². The minimum absolute atomic E-state index is 0.468. The smallest absolute Gasteiger partial charge is 0.131 e. The number of methoxy groups -OCH3 is 1. The van der Waals surface area contributed by atoms with Crippen molar-refractivity contribution in [3.05, 3.63) is 11.9 Å². The summed E-state index contributed by atoms with van der Waals surface area (Å²) in [6, 6.07) is 1.70. The maximum Gasteiger partial charge on any atom is 0.131 e. The molecule has 0 bridgehead atoms. The second-order valence-corrected chi connectivity index (χ2v) is 3.26. The molecule has 0 atom stereocenters. The van der Waals surface area contributed by atoms with E-state index in [0.717, 1.165) is 5.82 Å². The van der Waals surface area contributed by atoms with Gasteiger partial charge in [0.15, 0.2) is 0 Å². The van der Waals surface area contributed by atoms with E-state index >= 15 is 0 Å². The second-order valence-electron chi connectivity index (χ2n) is 3.26. The molecule has 0 fully saturated rings. The average Bonchev–Trinajstić information content (AvgIpc) is 2.22. The Labute approximate surface area is 95.2 Å². The Morgan fingerprint density at radius 3 is 2.81 bits per heavy atom. The van der Waals surface area contributed by atoms with Gasteiger partial charge in [-0.15, -0.1) is 0 Å². The Morgan fingerprint density at radius 2 is 2.12 bits per heavy atom. The van der Waals surface area contributed by atoms with Gasteiger partial charge < -0.3 is 20.5 Å². The molecule has 0 unspecified atom stereocenters. The van der Waals surface area contributed by atoms with Crippen LogP contribution in [0.1, 0.15) is 5.82 Å². The molecule has 0 aliphatic carbocycles. The number of hydrogen-bond acceptors (Lipinski definition) is 6. The number of rotatable bonds is 7. The molecule has 90 valence electrons. The number of nitrogens with two attached hydrogens (primary N) is 1. The van der Waals surface area contributed by atoms with E-state index in [1.807, 2.05) is 0 Å². The highest BCUT2D eigenvalue weighted by Crippen LogP contribution is 2.06. The van der Waals surface area contributed by atoms with E-state index in [1.165, 1.54) is 0 Å². The first-order valence-corrected chi connectivity index (χ1v) is 5.14. The van der Waals surface area contributed by atoms with E-state index in [4.69, 9.17) is 15.2 Å². The van der Waals surface area contributed by atoms with Crippen LogP contribution in [0.15, 0.2) is 6.07 Å². The van der Waals surface area contributed by atoms with Gasteiger partial charge in [0.1, 0.15) is 17.5 Å². The van der Waals surface area contributed by atoms with Crippen molar-refractivity contribution < 1.29 is 9.47 Å². The fourth-order valence-electron chi connectivity index (χ4n) is 1.18. The largest absolute Gasteiger partial charge is 0.384 e. The Kier molecular flexibility index (Phi) is 5.52. The molecule has 1 aromatic heterocycles. The van der Waals surface area contributed by atoms with E-state index in [-0.39, 0.29) is 0 Å². The molecule has 16 heavy (non-hydrogen) atoms. The lowest BCUT2D eigenvalue weighted by Gasteiger charge is -2.07. The van der Waals surface area contributed by atoms with E-state index in [2.05, 4.69) is 15.3 Å². The molecule has 1 aromatic rings. The first-order valence-electron chi connectivity index (χ1n) is 5.14. The molecule has 3 N–H and O–H groups in total. The van der Waals surface area contributed by atoms with Crippen LogP contribution >= 0.6 is 0 Å². The molecule has 0 aromatic carbocycles. The van der Waals surface area contributed by atoms with Crippen LogP contribution < -0.4 is 11.1 Å². The fourth-order valence-corrected chi connectivity index (χ4v) is 1.18. The molecule has 6 heteroatoms. The predicted octanol–water partition coefficient (Wildman–Crippen LogP) is 0.442. The monoisotopic (exact) mass is 226 g/mol. The van der Waals surface area contributed by atoms with Crippen molar-refractivity contribution in [1.82, 2.24) is 9.97 Å². The van der Waals surface area contributed by atoms with E-state index in [9.17, 15) is 0 Å². The van der Waals surface area contributed by atoms with Gasteiger partial charge in [-0.2, -0.15) is 0 Å².